The number of nitrogens with zero attached hydrogens (tertiary/aromatic N) is 2. The molecule has 1 aliphatic carbocycles. The second-order valence-electron chi connectivity index (χ2n) is 7.94. The predicted molar refractivity (Wildman–Crippen MR) is 113 cm³/mol. The lowest BCUT2D eigenvalue weighted by Gasteiger charge is -2.08. The molecule has 0 spiro atoms. The van der Waals surface area contributed by atoms with Gasteiger partial charge >= 0.3 is 0 Å². The highest BCUT2D eigenvalue weighted by atomic mass is 16.5. The third-order valence-corrected chi connectivity index (χ3v) is 5.72. The molecule has 1 unspecified atom stereocenters. The Hall–Kier alpha value is -3.41. The lowest BCUT2D eigenvalue weighted by atomic mass is 10.0. The number of fused-ring (bicyclic) bond motifs is 2. The van der Waals surface area contributed by atoms with Gasteiger partial charge in [0, 0.05) is 23.1 Å². The first kappa shape index (κ1) is 18.6. The van der Waals surface area contributed by atoms with Gasteiger partial charge in [0.25, 0.3) is 0 Å². The van der Waals surface area contributed by atoms with E-state index in [1.165, 1.54) is 17.5 Å². The van der Waals surface area contributed by atoms with Crippen molar-refractivity contribution in [2.75, 3.05) is 6.54 Å². The summed E-state index contributed by atoms with van der Waals surface area (Å²) in [7, 11) is 0. The van der Waals surface area contributed by atoms with E-state index in [-0.39, 0.29) is 18.2 Å². The topological polar surface area (TPSA) is 81.2 Å². The molecule has 30 heavy (non-hydrogen) atoms. The van der Waals surface area contributed by atoms with Gasteiger partial charge in [-0.05, 0) is 42.5 Å². The third kappa shape index (κ3) is 3.61. The van der Waals surface area contributed by atoms with Crippen LogP contribution in [0.3, 0.4) is 0 Å². The van der Waals surface area contributed by atoms with Gasteiger partial charge in [0.2, 0.25) is 17.6 Å². The highest BCUT2D eigenvalue weighted by Crippen LogP contribution is 2.30. The molecule has 1 aliphatic rings. The van der Waals surface area contributed by atoms with Gasteiger partial charge < -0.3 is 14.3 Å². The van der Waals surface area contributed by atoms with E-state index in [2.05, 4.69) is 27.6 Å². The van der Waals surface area contributed by atoms with Gasteiger partial charge in [0.15, 0.2) is 0 Å². The number of rotatable bonds is 6. The lowest BCUT2D eigenvalue weighted by molar-refractivity contribution is -0.120. The van der Waals surface area contributed by atoms with Crippen LogP contribution in [0.2, 0.25) is 0 Å². The minimum atomic E-state index is -0.0803. The quantitative estimate of drug-likeness (QED) is 0.517. The first-order valence-corrected chi connectivity index (χ1v) is 10.3. The van der Waals surface area contributed by atoms with E-state index in [1.807, 2.05) is 37.3 Å². The van der Waals surface area contributed by atoms with E-state index in [4.69, 9.17) is 8.94 Å². The van der Waals surface area contributed by atoms with E-state index >= 15 is 0 Å². The fraction of sp³-hybridized carbons (Fsp3) is 0.292. The van der Waals surface area contributed by atoms with Gasteiger partial charge in [-0.25, -0.2) is 0 Å². The second-order valence-corrected chi connectivity index (χ2v) is 7.94. The normalized spacial score (nSPS) is 14.0. The Labute approximate surface area is 174 Å². The molecule has 0 saturated carbocycles. The standard InChI is InChI=1S/C24H23N3O3/c1-15(24-26-23(27-30-24)16-6-3-2-4-7-16)13-25-22(28)12-19-14-29-21-11-18-9-5-8-17(18)10-20(19)21/h2-4,6-7,10-11,14-15H,5,8-9,12-13H2,1H3,(H,25,28). The molecule has 6 nitrogen and oxygen atoms in total. The van der Waals surface area contributed by atoms with Crippen LogP contribution in [0, 0.1) is 0 Å². The van der Waals surface area contributed by atoms with Crippen LogP contribution >= 0.6 is 0 Å². The molecule has 0 fully saturated rings. The highest BCUT2D eigenvalue weighted by molar-refractivity contribution is 5.88. The number of hydrogen-bond donors (Lipinski definition) is 1. The maximum atomic E-state index is 12.5. The fourth-order valence-corrected chi connectivity index (χ4v) is 4.01. The maximum absolute atomic E-state index is 12.5. The molecule has 4 aromatic rings. The third-order valence-electron chi connectivity index (χ3n) is 5.72. The van der Waals surface area contributed by atoms with Crippen molar-refractivity contribution < 1.29 is 13.7 Å². The number of benzene rings is 2. The summed E-state index contributed by atoms with van der Waals surface area (Å²) in [6, 6.07) is 14.0. The number of nitrogens with one attached hydrogen (secondary N) is 1. The van der Waals surface area contributed by atoms with Gasteiger partial charge in [-0.15, -0.1) is 0 Å². The average Bonchev–Trinajstić information content (AvgIpc) is 3.51. The zero-order valence-electron chi connectivity index (χ0n) is 16.9. The lowest BCUT2D eigenvalue weighted by Crippen LogP contribution is -2.28. The fourth-order valence-electron chi connectivity index (χ4n) is 4.01. The summed E-state index contributed by atoms with van der Waals surface area (Å²) in [6.45, 7) is 2.39. The zero-order valence-corrected chi connectivity index (χ0v) is 16.9. The average molecular weight is 401 g/mol. The zero-order chi connectivity index (χ0) is 20.5. The van der Waals surface area contributed by atoms with Gasteiger partial charge in [0.1, 0.15) is 5.58 Å². The number of hydrogen-bond acceptors (Lipinski definition) is 5. The Morgan fingerprint density at radius 1 is 1.17 bits per heavy atom. The van der Waals surface area contributed by atoms with Crippen LogP contribution in [0.25, 0.3) is 22.4 Å². The summed E-state index contributed by atoms with van der Waals surface area (Å²) < 4.78 is 11.1. The van der Waals surface area contributed by atoms with E-state index in [0.717, 1.165) is 34.9 Å². The molecule has 0 saturated heterocycles. The van der Waals surface area contributed by atoms with Gasteiger partial charge in [0.05, 0.1) is 18.6 Å². The van der Waals surface area contributed by atoms with Gasteiger partial charge in [-0.3, -0.25) is 4.79 Å². The molecular weight excluding hydrogens is 378 g/mol. The Morgan fingerprint density at radius 3 is 2.80 bits per heavy atom. The highest BCUT2D eigenvalue weighted by Gasteiger charge is 2.19. The van der Waals surface area contributed by atoms with E-state index in [1.54, 1.807) is 6.26 Å². The number of aryl methyl sites for hydroxylation is 2. The molecule has 1 amide bonds. The van der Waals surface area contributed by atoms with Crippen molar-refractivity contribution in [2.24, 2.45) is 0 Å². The number of furan rings is 1. The van der Waals surface area contributed by atoms with E-state index in [9.17, 15) is 4.79 Å². The Kier molecular flexibility index (Phi) is 4.83. The van der Waals surface area contributed by atoms with Crippen LogP contribution < -0.4 is 5.32 Å². The van der Waals surface area contributed by atoms with Crippen LogP contribution in [0.5, 0.6) is 0 Å². The molecule has 152 valence electrons. The van der Waals surface area contributed by atoms with E-state index < -0.39 is 0 Å². The largest absolute Gasteiger partial charge is 0.464 e. The number of aromatic nitrogens is 2. The molecule has 5 rings (SSSR count). The van der Waals surface area contributed by atoms with Crippen molar-refractivity contribution in [3.8, 4) is 11.4 Å². The second kappa shape index (κ2) is 7.78. The predicted octanol–water partition coefficient (Wildman–Crippen LogP) is 4.43. The van der Waals surface area contributed by atoms with Gasteiger partial charge in [-0.1, -0.05) is 42.4 Å². The van der Waals surface area contributed by atoms with E-state index in [0.29, 0.717) is 18.3 Å². The molecule has 1 atom stereocenters. The van der Waals surface area contributed by atoms with Crippen LogP contribution in [-0.4, -0.2) is 22.6 Å². The minimum absolute atomic E-state index is 0.0483. The number of carbonyl (C=O) groups excluding carboxylic acids is 1. The molecule has 0 aliphatic heterocycles. The summed E-state index contributed by atoms with van der Waals surface area (Å²) in [5.74, 6) is 0.941. The van der Waals surface area contributed by atoms with Crippen molar-refractivity contribution in [1.29, 1.82) is 0 Å². The molecule has 0 radical (unpaired) electrons. The summed E-state index contributed by atoms with van der Waals surface area (Å²) in [5, 5.41) is 8.07. The summed E-state index contributed by atoms with van der Waals surface area (Å²) >= 11 is 0. The van der Waals surface area contributed by atoms with Crippen molar-refractivity contribution >= 4 is 16.9 Å². The first-order chi connectivity index (χ1) is 14.7. The Morgan fingerprint density at radius 2 is 1.97 bits per heavy atom. The molecule has 1 N–H and O–H groups in total. The number of carbonyl (C=O) groups is 1. The van der Waals surface area contributed by atoms with Crippen molar-refractivity contribution in [2.45, 2.75) is 38.5 Å². The van der Waals surface area contributed by atoms with Crippen molar-refractivity contribution in [1.82, 2.24) is 15.5 Å². The van der Waals surface area contributed by atoms with Crippen LogP contribution in [0.4, 0.5) is 0 Å². The van der Waals surface area contributed by atoms with Crippen molar-refractivity contribution in [3.05, 3.63) is 71.3 Å². The monoisotopic (exact) mass is 401 g/mol. The molecule has 0 bridgehead atoms. The first-order valence-electron chi connectivity index (χ1n) is 10.3. The SMILES string of the molecule is CC(CNC(=O)Cc1coc2cc3c(cc12)CCC3)c1nc(-c2ccccc2)no1. The minimum Gasteiger partial charge on any atom is -0.464 e. The van der Waals surface area contributed by atoms with Crippen LogP contribution in [-0.2, 0) is 24.1 Å². The molecule has 2 aromatic carbocycles. The summed E-state index contributed by atoms with van der Waals surface area (Å²) in [4.78, 5) is 17.0. The smallest absolute Gasteiger partial charge is 0.231 e. The molecule has 6 heteroatoms. The Balaban J connectivity index is 1.21. The summed E-state index contributed by atoms with van der Waals surface area (Å²) in [6.07, 6.45) is 5.40. The molecule has 2 heterocycles. The molecule has 2 aromatic heterocycles. The molecular formula is C24H23N3O3. The van der Waals surface area contributed by atoms with Crippen LogP contribution in [0.1, 0.15) is 41.8 Å². The Bertz CT molecular complexity index is 1190. The van der Waals surface area contributed by atoms with Crippen LogP contribution in [0.15, 0.2) is 57.7 Å². The summed E-state index contributed by atoms with van der Waals surface area (Å²) in [5.41, 5.74) is 5.45. The van der Waals surface area contributed by atoms with Gasteiger partial charge in [-0.2, -0.15) is 4.98 Å². The maximum Gasteiger partial charge on any atom is 0.231 e. The van der Waals surface area contributed by atoms with Crippen molar-refractivity contribution in [3.63, 3.8) is 0 Å². The number of amides is 1.